The number of hydrazine groups is 2. The molecule has 0 saturated heterocycles. The van der Waals surface area contributed by atoms with Crippen LogP contribution in [0.3, 0.4) is 0 Å². The van der Waals surface area contributed by atoms with Gasteiger partial charge in [-0.25, -0.2) is 5.53 Å². The molecular formula is C15H22N6. The van der Waals surface area contributed by atoms with Crippen molar-refractivity contribution in [2.45, 2.75) is 13.0 Å². The highest BCUT2D eigenvalue weighted by molar-refractivity contribution is 5.84. The largest absolute Gasteiger partial charge is 0.361 e. The van der Waals surface area contributed by atoms with E-state index in [1.54, 1.807) is 6.34 Å². The summed E-state index contributed by atoms with van der Waals surface area (Å²) in [5.41, 5.74) is 6.74. The monoisotopic (exact) mass is 286 g/mol. The zero-order valence-corrected chi connectivity index (χ0v) is 12.8. The van der Waals surface area contributed by atoms with Crippen molar-refractivity contribution in [3.63, 3.8) is 0 Å². The van der Waals surface area contributed by atoms with Crippen molar-refractivity contribution < 1.29 is 0 Å². The second kappa shape index (κ2) is 5.75. The van der Waals surface area contributed by atoms with Gasteiger partial charge in [-0.2, -0.15) is 5.10 Å². The summed E-state index contributed by atoms with van der Waals surface area (Å²) in [5, 5.41) is 9.25. The lowest BCUT2D eigenvalue weighted by Gasteiger charge is -2.22. The van der Waals surface area contributed by atoms with Gasteiger partial charge in [0.2, 0.25) is 0 Å². The molecule has 1 aliphatic rings. The van der Waals surface area contributed by atoms with E-state index < -0.39 is 0 Å². The summed E-state index contributed by atoms with van der Waals surface area (Å²) >= 11 is 0. The van der Waals surface area contributed by atoms with Gasteiger partial charge in [-0.05, 0) is 43.8 Å². The third-order valence-corrected chi connectivity index (χ3v) is 3.78. The maximum atomic E-state index is 4.03. The summed E-state index contributed by atoms with van der Waals surface area (Å²) in [4.78, 5) is 5.57. The Morgan fingerprint density at radius 1 is 1.29 bits per heavy atom. The number of benzene rings is 1. The molecule has 0 spiro atoms. The fraction of sp³-hybridized carbons (Fsp3) is 0.400. The van der Waals surface area contributed by atoms with Crippen LogP contribution >= 0.6 is 0 Å². The van der Waals surface area contributed by atoms with Crippen molar-refractivity contribution in [3.05, 3.63) is 35.5 Å². The molecule has 1 aliphatic heterocycles. The molecule has 6 heteroatoms. The zero-order chi connectivity index (χ0) is 14.8. The Hall–Kier alpha value is -2.05. The van der Waals surface area contributed by atoms with Crippen molar-refractivity contribution in [2.75, 3.05) is 27.7 Å². The second-order valence-corrected chi connectivity index (χ2v) is 5.71. The number of aromatic amines is 1. The number of hydrogen-bond donors (Lipinski definition) is 2. The van der Waals surface area contributed by atoms with E-state index in [2.05, 4.69) is 59.0 Å². The Kier molecular flexibility index (Phi) is 3.81. The minimum Gasteiger partial charge on any atom is -0.361 e. The molecule has 21 heavy (non-hydrogen) atoms. The number of hydrogen-bond acceptors (Lipinski definition) is 5. The van der Waals surface area contributed by atoms with Gasteiger partial charge in [-0.3, -0.25) is 5.01 Å². The van der Waals surface area contributed by atoms with E-state index in [0.29, 0.717) is 0 Å². The summed E-state index contributed by atoms with van der Waals surface area (Å²) in [5.74, 6) is 0. The first-order valence-corrected chi connectivity index (χ1v) is 7.16. The van der Waals surface area contributed by atoms with Crippen LogP contribution < -0.4 is 5.53 Å². The van der Waals surface area contributed by atoms with Crippen LogP contribution in [0.5, 0.6) is 0 Å². The highest BCUT2D eigenvalue weighted by Crippen LogP contribution is 2.21. The number of hydrazone groups is 1. The zero-order valence-electron chi connectivity index (χ0n) is 12.8. The minimum atomic E-state index is 0.807. The van der Waals surface area contributed by atoms with E-state index >= 15 is 0 Å². The van der Waals surface area contributed by atoms with Gasteiger partial charge in [-0.1, -0.05) is 6.07 Å². The van der Waals surface area contributed by atoms with Crippen molar-refractivity contribution in [2.24, 2.45) is 5.10 Å². The first-order valence-electron chi connectivity index (χ1n) is 7.16. The van der Waals surface area contributed by atoms with Crippen LogP contribution in [0.15, 0.2) is 29.5 Å². The third kappa shape index (κ3) is 3.01. The quantitative estimate of drug-likeness (QED) is 0.872. The number of aromatic nitrogens is 1. The Bertz CT molecular complexity index is 645. The average molecular weight is 286 g/mol. The molecule has 2 heterocycles. The average Bonchev–Trinajstić information content (AvgIpc) is 3.03. The standard InChI is InChI=1S/C15H22N6/c1-19(2)7-6-13-9-16-15-5-4-12(8-14(13)15)10-21-11-17-18-20(21)3/h4-5,8-9,11,16,18H,6-7,10H2,1-3H3. The first-order chi connectivity index (χ1) is 10.1. The molecule has 2 N–H and O–H groups in total. The molecular weight excluding hydrogens is 264 g/mol. The molecule has 6 nitrogen and oxygen atoms in total. The number of nitrogens with zero attached hydrogens (tertiary/aromatic N) is 4. The van der Waals surface area contributed by atoms with Crippen LogP contribution in [-0.2, 0) is 13.0 Å². The number of rotatable bonds is 5. The van der Waals surface area contributed by atoms with Crippen LogP contribution in [0.25, 0.3) is 10.9 Å². The molecule has 3 rings (SSSR count). The minimum absolute atomic E-state index is 0.807. The number of H-pyrrole nitrogens is 1. The topological polar surface area (TPSA) is 49.9 Å². The van der Waals surface area contributed by atoms with Gasteiger partial charge in [-0.15, -0.1) is 5.12 Å². The molecule has 0 bridgehead atoms. The lowest BCUT2D eigenvalue weighted by atomic mass is 10.1. The lowest BCUT2D eigenvalue weighted by molar-refractivity contribution is 0.0443. The molecule has 2 aromatic rings. The van der Waals surface area contributed by atoms with Crippen LogP contribution in [0.4, 0.5) is 0 Å². The van der Waals surface area contributed by atoms with Gasteiger partial charge in [0.1, 0.15) is 6.34 Å². The van der Waals surface area contributed by atoms with Crippen LogP contribution in [0.1, 0.15) is 11.1 Å². The van der Waals surface area contributed by atoms with E-state index in [0.717, 1.165) is 19.5 Å². The molecule has 0 unspecified atom stereocenters. The maximum absolute atomic E-state index is 4.03. The third-order valence-electron chi connectivity index (χ3n) is 3.78. The molecule has 0 fully saturated rings. The molecule has 0 radical (unpaired) electrons. The van der Waals surface area contributed by atoms with Gasteiger partial charge in [0.15, 0.2) is 0 Å². The van der Waals surface area contributed by atoms with Gasteiger partial charge in [0.05, 0.1) is 6.54 Å². The Labute approximate surface area is 125 Å². The summed E-state index contributed by atoms with van der Waals surface area (Å²) in [7, 11) is 6.16. The SMILES string of the molecule is CN(C)CCc1c[nH]c2ccc(CN3C=NNN3C)cc12. The fourth-order valence-electron chi connectivity index (χ4n) is 2.52. The highest BCUT2D eigenvalue weighted by Gasteiger charge is 2.13. The molecule has 0 atom stereocenters. The maximum Gasteiger partial charge on any atom is 0.129 e. The van der Waals surface area contributed by atoms with Crippen molar-refractivity contribution in [3.8, 4) is 0 Å². The van der Waals surface area contributed by atoms with Crippen molar-refractivity contribution in [1.82, 2.24) is 25.5 Å². The van der Waals surface area contributed by atoms with E-state index in [1.165, 1.54) is 22.0 Å². The summed E-state index contributed by atoms with van der Waals surface area (Å²) in [6.07, 6.45) is 4.99. The van der Waals surface area contributed by atoms with Gasteiger partial charge in [0, 0.05) is 30.7 Å². The number of fused-ring (bicyclic) bond motifs is 1. The van der Waals surface area contributed by atoms with Crippen LogP contribution in [0, 0.1) is 0 Å². The van der Waals surface area contributed by atoms with Gasteiger partial charge < -0.3 is 9.88 Å². The fourth-order valence-corrected chi connectivity index (χ4v) is 2.52. The highest BCUT2D eigenvalue weighted by atomic mass is 15.9. The smallest absolute Gasteiger partial charge is 0.129 e. The number of likely N-dealkylation sites (N-methyl/N-ethyl adjacent to an activating group) is 1. The van der Waals surface area contributed by atoms with Crippen molar-refractivity contribution in [1.29, 1.82) is 0 Å². The predicted octanol–water partition coefficient (Wildman–Crippen LogP) is 1.38. The molecule has 0 saturated carbocycles. The van der Waals surface area contributed by atoms with E-state index in [4.69, 9.17) is 0 Å². The summed E-state index contributed by atoms with van der Waals surface area (Å²) in [6, 6.07) is 6.59. The Morgan fingerprint density at radius 3 is 2.86 bits per heavy atom. The number of nitrogens with one attached hydrogen (secondary N) is 2. The Balaban J connectivity index is 1.81. The predicted molar refractivity (Wildman–Crippen MR) is 85.5 cm³/mol. The summed E-state index contributed by atoms with van der Waals surface area (Å²) < 4.78 is 0. The van der Waals surface area contributed by atoms with E-state index in [9.17, 15) is 0 Å². The van der Waals surface area contributed by atoms with Crippen LogP contribution in [-0.4, -0.2) is 54.0 Å². The molecule has 112 valence electrons. The van der Waals surface area contributed by atoms with E-state index in [1.807, 2.05) is 17.2 Å². The second-order valence-electron chi connectivity index (χ2n) is 5.71. The molecule has 0 amide bonds. The molecule has 0 aliphatic carbocycles. The lowest BCUT2D eigenvalue weighted by Crippen LogP contribution is -2.38. The normalized spacial score (nSPS) is 15.3. The van der Waals surface area contributed by atoms with Crippen molar-refractivity contribution >= 4 is 17.2 Å². The molecule has 1 aromatic heterocycles. The van der Waals surface area contributed by atoms with Crippen LogP contribution in [0.2, 0.25) is 0 Å². The Morgan fingerprint density at radius 2 is 2.14 bits per heavy atom. The molecule has 1 aromatic carbocycles. The summed E-state index contributed by atoms with van der Waals surface area (Å²) in [6.45, 7) is 1.86. The van der Waals surface area contributed by atoms with Gasteiger partial charge >= 0.3 is 0 Å². The first kappa shape index (κ1) is 13.9. The van der Waals surface area contributed by atoms with Gasteiger partial charge in [0.25, 0.3) is 0 Å². The van der Waals surface area contributed by atoms with E-state index in [-0.39, 0.29) is 0 Å².